The number of fused-ring (bicyclic) bond motifs is 5. The summed E-state index contributed by atoms with van der Waals surface area (Å²) < 4.78 is 0. The van der Waals surface area contributed by atoms with Gasteiger partial charge in [-0.1, -0.05) is 26.5 Å². The summed E-state index contributed by atoms with van der Waals surface area (Å²) in [5.41, 5.74) is 10.8. The van der Waals surface area contributed by atoms with Crippen LogP contribution in [0, 0.1) is 17.8 Å². The number of allylic oxidation sites excluding steroid dienone is 11. The molecule has 1 saturated heterocycles. The lowest BCUT2D eigenvalue weighted by Crippen LogP contribution is -2.23. The van der Waals surface area contributed by atoms with Crippen molar-refractivity contribution in [1.29, 1.82) is 0 Å². The molecule has 1 aliphatic carbocycles. The van der Waals surface area contributed by atoms with Gasteiger partial charge in [0.05, 0.1) is 34.2 Å². The Kier molecular flexibility index (Phi) is 6.71. The number of carboxylic acid groups (broad SMARTS) is 2. The van der Waals surface area contributed by atoms with E-state index in [0.717, 1.165) is 57.2 Å². The minimum Gasteiger partial charge on any atom is -0.510 e. The summed E-state index contributed by atoms with van der Waals surface area (Å²) in [7, 11) is 0. The van der Waals surface area contributed by atoms with E-state index in [1.54, 1.807) is 6.08 Å². The second kappa shape index (κ2) is 10.2. The zero-order chi connectivity index (χ0) is 30.9. The Hall–Kier alpha value is -4.79. The maximum atomic E-state index is 12.7. The maximum absolute atomic E-state index is 12.7. The summed E-state index contributed by atoms with van der Waals surface area (Å²) in [6.07, 6.45) is 8.56. The summed E-state index contributed by atoms with van der Waals surface area (Å²) in [5, 5.41) is 34.7. The first-order chi connectivity index (χ1) is 20.5. The van der Waals surface area contributed by atoms with Crippen molar-refractivity contribution in [2.24, 2.45) is 32.7 Å². The van der Waals surface area contributed by atoms with Gasteiger partial charge < -0.3 is 20.6 Å². The number of aliphatic carboxylic acids is 2. The molecule has 5 heterocycles. The van der Waals surface area contributed by atoms with E-state index >= 15 is 0 Å². The Labute approximate surface area is 249 Å². The fourth-order valence-corrected chi connectivity index (χ4v) is 6.95. The van der Waals surface area contributed by atoms with Crippen LogP contribution in [0.15, 0.2) is 119 Å². The lowest BCUT2D eigenvalue weighted by Gasteiger charge is -2.19. The smallest absolute Gasteiger partial charge is 0.318 e. The van der Waals surface area contributed by atoms with Gasteiger partial charge in [0, 0.05) is 46.4 Å². The lowest BCUT2D eigenvalue weighted by atomic mass is 9.84. The molecule has 3 unspecified atom stereocenters. The molecular weight excluding hydrogens is 544 g/mol. The number of carbonyl (C=O) groups is 2. The summed E-state index contributed by atoms with van der Waals surface area (Å²) in [4.78, 5) is 39.2. The minimum atomic E-state index is -1.32. The molecule has 9 heteroatoms. The largest absolute Gasteiger partial charge is 0.510 e. The number of aliphatic imine (C=N–C) groups is 3. The average Bonchev–Trinajstić information content (AvgIpc) is 3.68. The van der Waals surface area contributed by atoms with Crippen LogP contribution in [0.4, 0.5) is 0 Å². The van der Waals surface area contributed by atoms with E-state index in [-0.39, 0.29) is 30.4 Å². The first-order valence-electron chi connectivity index (χ1n) is 14.5. The number of rotatable bonds is 6. The quantitative estimate of drug-likeness (QED) is 0.303. The van der Waals surface area contributed by atoms with Crippen molar-refractivity contribution < 1.29 is 24.9 Å². The molecule has 0 aromatic heterocycles. The summed E-state index contributed by atoms with van der Waals surface area (Å²) in [6.45, 7) is 14.0. The van der Waals surface area contributed by atoms with Gasteiger partial charge in [-0.25, -0.2) is 15.0 Å². The van der Waals surface area contributed by atoms with Crippen LogP contribution in [-0.2, 0) is 9.59 Å². The van der Waals surface area contributed by atoms with Crippen LogP contribution in [0.25, 0.3) is 0 Å². The first kappa shape index (κ1) is 28.3. The third-order valence-electron chi connectivity index (χ3n) is 9.34. The highest BCUT2D eigenvalue weighted by atomic mass is 16.4. The minimum absolute atomic E-state index is 0.0924. The topological polar surface area (TPSA) is 144 Å². The molecular formula is C34H34N4O5. The monoisotopic (exact) mass is 578 g/mol. The van der Waals surface area contributed by atoms with Crippen molar-refractivity contribution in [2.75, 3.05) is 0 Å². The molecule has 0 spiro atoms. The van der Waals surface area contributed by atoms with Gasteiger partial charge in [0.1, 0.15) is 11.7 Å². The van der Waals surface area contributed by atoms with Crippen molar-refractivity contribution in [3.05, 3.63) is 104 Å². The normalized spacial score (nSPS) is 26.0. The van der Waals surface area contributed by atoms with E-state index in [1.807, 2.05) is 45.9 Å². The molecule has 8 bridgehead atoms. The van der Waals surface area contributed by atoms with Crippen LogP contribution < -0.4 is 5.32 Å². The van der Waals surface area contributed by atoms with E-state index in [1.165, 1.54) is 0 Å². The second-order valence-electron chi connectivity index (χ2n) is 11.6. The number of hydrogen-bond donors (Lipinski definition) is 4. The average molecular weight is 579 g/mol. The zero-order valence-corrected chi connectivity index (χ0v) is 24.9. The molecule has 43 heavy (non-hydrogen) atoms. The summed E-state index contributed by atoms with van der Waals surface area (Å²) in [6, 6.07) is 0. The highest BCUT2D eigenvalue weighted by Crippen LogP contribution is 2.48. The van der Waals surface area contributed by atoms with Gasteiger partial charge in [-0.05, 0) is 74.1 Å². The predicted octanol–water partition coefficient (Wildman–Crippen LogP) is 6.02. The van der Waals surface area contributed by atoms with Gasteiger partial charge >= 0.3 is 11.9 Å². The van der Waals surface area contributed by atoms with Crippen molar-refractivity contribution in [1.82, 2.24) is 5.32 Å². The molecule has 6 aliphatic rings. The molecule has 0 aromatic rings. The third-order valence-corrected chi connectivity index (χ3v) is 9.34. The number of nitrogens with one attached hydrogen (secondary N) is 1. The Morgan fingerprint density at radius 2 is 1.70 bits per heavy atom. The van der Waals surface area contributed by atoms with E-state index < -0.39 is 17.9 Å². The van der Waals surface area contributed by atoms with Crippen molar-refractivity contribution in [2.45, 2.75) is 53.9 Å². The van der Waals surface area contributed by atoms with Crippen molar-refractivity contribution in [3.63, 3.8) is 0 Å². The molecule has 1 fully saturated rings. The van der Waals surface area contributed by atoms with Gasteiger partial charge in [-0.2, -0.15) is 0 Å². The van der Waals surface area contributed by atoms with Crippen LogP contribution in [0.5, 0.6) is 0 Å². The molecule has 9 nitrogen and oxygen atoms in total. The molecule has 4 N–H and O–H groups in total. The second-order valence-corrected chi connectivity index (χ2v) is 11.6. The molecule has 0 amide bonds. The predicted molar refractivity (Wildman–Crippen MR) is 166 cm³/mol. The molecule has 6 rings (SSSR count). The number of aliphatic hydroxyl groups excluding tert-OH is 1. The molecule has 0 radical (unpaired) electrons. The van der Waals surface area contributed by atoms with Crippen LogP contribution in [0.2, 0.25) is 0 Å². The molecule has 220 valence electrons. The maximum Gasteiger partial charge on any atom is 0.318 e. The van der Waals surface area contributed by atoms with Gasteiger partial charge in [0.2, 0.25) is 0 Å². The highest BCUT2D eigenvalue weighted by Gasteiger charge is 2.48. The molecule has 3 atom stereocenters. The standard InChI is InChI=1S/C34H34N4O5/c1-7-18-14(3)21-11-23-16(5)20(9-10-27(39)40)31(37-23)29-30(34(42)43)33(41)28-17(6)24(38-32(28)29)13-26-19(8-2)15(4)22(36-26)12-25(18)35-21/h7,11-13,16,20,30,37,41H,1,8-10H2,2-6H3,(H,39,40)(H,42,43). The first-order valence-corrected chi connectivity index (χ1v) is 14.5. The van der Waals surface area contributed by atoms with E-state index in [0.29, 0.717) is 33.8 Å². The zero-order valence-electron chi connectivity index (χ0n) is 24.9. The summed E-state index contributed by atoms with van der Waals surface area (Å²) >= 11 is 0. The Morgan fingerprint density at radius 1 is 1.00 bits per heavy atom. The Balaban J connectivity index is 1.67. The molecule has 0 saturated carbocycles. The van der Waals surface area contributed by atoms with E-state index in [4.69, 9.17) is 15.0 Å². The number of hydrogen-bond acceptors (Lipinski definition) is 7. The summed E-state index contributed by atoms with van der Waals surface area (Å²) in [5.74, 6) is -4.23. The SMILES string of the molecule is C=CC1=C(C)C2=NC1=CC1=NC(=CC3=C(C)C4=C(O)C(C(=O)O)C(=C5NC(=C2)C(C)C5CCC(=O)O)C4=N3)C(CC)=C1C. The third kappa shape index (κ3) is 4.25. The van der Waals surface area contributed by atoms with Crippen LogP contribution in [-0.4, -0.2) is 44.4 Å². The fourth-order valence-electron chi connectivity index (χ4n) is 6.95. The van der Waals surface area contributed by atoms with Crippen LogP contribution in [0.1, 0.15) is 53.9 Å². The fraction of sp³-hybridized carbons (Fsp3) is 0.324. The highest BCUT2D eigenvalue weighted by molar-refractivity contribution is 6.24. The number of aliphatic hydroxyl groups is 1. The molecule has 0 aromatic carbocycles. The van der Waals surface area contributed by atoms with Crippen LogP contribution >= 0.6 is 0 Å². The number of nitrogens with zero attached hydrogens (tertiary/aromatic N) is 3. The van der Waals surface area contributed by atoms with Crippen molar-refractivity contribution >= 4 is 29.1 Å². The van der Waals surface area contributed by atoms with Gasteiger partial charge in [-0.15, -0.1) is 0 Å². The lowest BCUT2D eigenvalue weighted by molar-refractivity contribution is -0.140. The van der Waals surface area contributed by atoms with E-state index in [9.17, 15) is 24.9 Å². The van der Waals surface area contributed by atoms with Gasteiger partial charge in [0.25, 0.3) is 0 Å². The van der Waals surface area contributed by atoms with Crippen LogP contribution in [0.3, 0.4) is 0 Å². The Bertz CT molecular complexity index is 1800. The Morgan fingerprint density at radius 3 is 2.35 bits per heavy atom. The number of carboxylic acids is 2. The van der Waals surface area contributed by atoms with Gasteiger partial charge in [0.15, 0.2) is 0 Å². The van der Waals surface area contributed by atoms with Gasteiger partial charge in [-0.3, -0.25) is 9.59 Å². The van der Waals surface area contributed by atoms with E-state index in [2.05, 4.69) is 18.8 Å². The van der Waals surface area contributed by atoms with Crippen molar-refractivity contribution in [3.8, 4) is 0 Å². The molecule has 5 aliphatic heterocycles.